The van der Waals surface area contributed by atoms with E-state index in [4.69, 9.17) is 28.4 Å². The molecule has 0 saturated carbocycles. The number of amides is 3. The van der Waals surface area contributed by atoms with Gasteiger partial charge in [-0.15, -0.1) is 0 Å². The second-order valence-corrected chi connectivity index (χ2v) is 23.4. The van der Waals surface area contributed by atoms with Gasteiger partial charge in [0.15, 0.2) is 24.4 Å². The molecule has 20 heteroatoms. The number of rotatable bonds is 30. The van der Waals surface area contributed by atoms with Gasteiger partial charge in [-0.1, -0.05) is 91.8 Å². The van der Waals surface area contributed by atoms with E-state index in [1.807, 2.05) is 104 Å². The zero-order valence-electron chi connectivity index (χ0n) is 50.5. The maximum Gasteiger partial charge on any atom is 0.344 e. The van der Waals surface area contributed by atoms with Gasteiger partial charge in [-0.25, -0.2) is 19.2 Å². The van der Waals surface area contributed by atoms with Crippen molar-refractivity contribution < 1.29 is 71.9 Å². The quantitative estimate of drug-likeness (QED) is 0.0652. The largest absolute Gasteiger partial charge is 0.479 e. The van der Waals surface area contributed by atoms with Gasteiger partial charge in [-0.3, -0.25) is 19.2 Å². The number of carboxylic acid groups (broad SMARTS) is 1. The summed E-state index contributed by atoms with van der Waals surface area (Å²) >= 11 is 0. The van der Waals surface area contributed by atoms with Gasteiger partial charge in [-0.05, 0) is 118 Å². The minimum absolute atomic E-state index is 0.0264. The number of nitrogens with zero attached hydrogens (tertiary/aromatic N) is 4. The molecule has 2 heterocycles. The van der Waals surface area contributed by atoms with Crippen LogP contribution >= 0.6 is 0 Å². The summed E-state index contributed by atoms with van der Waals surface area (Å²) < 4.78 is 34.4. The second-order valence-electron chi connectivity index (χ2n) is 23.4. The molecule has 2 aliphatic rings. The van der Waals surface area contributed by atoms with Gasteiger partial charge in [0.05, 0.1) is 13.2 Å². The average molecular weight is 1140 g/mol. The highest BCUT2D eigenvalue weighted by Crippen LogP contribution is 2.28. The number of nitrogens with one attached hydrogen (secondary N) is 1. The van der Waals surface area contributed by atoms with Gasteiger partial charge in [0.25, 0.3) is 17.7 Å². The van der Waals surface area contributed by atoms with Crippen molar-refractivity contribution in [1.82, 2.24) is 20.0 Å². The first-order valence-corrected chi connectivity index (χ1v) is 28.8. The zero-order chi connectivity index (χ0) is 60.2. The molecule has 2 aromatic carbocycles. The molecule has 2 N–H and O–H groups in total. The Morgan fingerprint density at radius 2 is 0.914 bits per heavy atom. The van der Waals surface area contributed by atoms with Crippen LogP contribution in [-0.4, -0.2) is 184 Å². The van der Waals surface area contributed by atoms with Gasteiger partial charge in [0.2, 0.25) is 0 Å². The summed E-state index contributed by atoms with van der Waals surface area (Å²) in [5.41, 5.74) is 3.45. The molecule has 0 radical (unpaired) electrons. The number of carboxylic acids is 1. The number of anilines is 1. The average Bonchev–Trinajstić information content (AvgIpc) is 3.46. The standard InChI is InChI=1S/C61H93N5O15/c1-37(2)31-48(62-11)58(72)80-52(35-43-15-19-45(20-16-43)46-23-27-76-28-24-46)55(68)64(13)49(32-38(3)4)59(73)78-41(9)54(67)63(12)51(34-40(7)8)61(75)81-53(36-44-17-21-47(22-18-44)66-25-29-77-30-26-66)56(69)65(14)50(33-39(5)6)60(74)79-42(10)57(70)71/h15-22,37-42,46,48-53,62H,23-36H2,1-14H3,(H,70,71)/t41-,42-,48+,49+,50+,51+,52-,53-/m1/s1. The second kappa shape index (κ2) is 32.5. The van der Waals surface area contributed by atoms with E-state index in [1.165, 1.54) is 39.9 Å². The normalized spacial score (nSPS) is 17.0. The van der Waals surface area contributed by atoms with Crippen LogP contribution in [0.2, 0.25) is 0 Å². The first-order chi connectivity index (χ1) is 38.2. The number of benzene rings is 2. The molecular weight excluding hydrogens is 1040 g/mol. The van der Waals surface area contributed by atoms with E-state index in [9.17, 15) is 43.5 Å². The number of aliphatic carboxylic acids is 1. The number of hydrogen-bond acceptors (Lipinski definition) is 16. The van der Waals surface area contributed by atoms with E-state index in [1.54, 1.807) is 7.05 Å². The van der Waals surface area contributed by atoms with Crippen LogP contribution in [0.5, 0.6) is 0 Å². The summed E-state index contributed by atoms with van der Waals surface area (Å²) in [5.74, 6) is -6.94. The van der Waals surface area contributed by atoms with Crippen LogP contribution in [0.4, 0.5) is 5.69 Å². The fourth-order valence-electron chi connectivity index (χ4n) is 10.0. The van der Waals surface area contributed by atoms with E-state index in [0.717, 1.165) is 39.5 Å². The summed E-state index contributed by atoms with van der Waals surface area (Å²) in [6, 6.07) is 10.8. The van der Waals surface area contributed by atoms with E-state index in [2.05, 4.69) is 10.2 Å². The first kappa shape index (κ1) is 67.4. The maximum atomic E-state index is 14.7. The van der Waals surface area contributed by atoms with Crippen molar-refractivity contribution >= 4 is 53.3 Å². The molecule has 20 nitrogen and oxygen atoms in total. The van der Waals surface area contributed by atoms with Crippen LogP contribution in [-0.2, 0) is 79.6 Å². The predicted octanol–water partition coefficient (Wildman–Crippen LogP) is 6.23. The lowest BCUT2D eigenvalue weighted by molar-refractivity contribution is -0.174. The summed E-state index contributed by atoms with van der Waals surface area (Å²) in [7, 11) is 5.84. The third kappa shape index (κ3) is 20.7. The van der Waals surface area contributed by atoms with Gasteiger partial charge in [0.1, 0.15) is 24.2 Å². The van der Waals surface area contributed by atoms with E-state index in [0.29, 0.717) is 57.4 Å². The Hall–Kier alpha value is -6.12. The molecule has 0 bridgehead atoms. The van der Waals surface area contributed by atoms with Crippen molar-refractivity contribution in [3.05, 3.63) is 65.2 Å². The zero-order valence-corrected chi connectivity index (χ0v) is 50.5. The third-order valence-corrected chi connectivity index (χ3v) is 14.9. The monoisotopic (exact) mass is 1140 g/mol. The molecule has 452 valence electrons. The van der Waals surface area contributed by atoms with E-state index in [-0.39, 0.29) is 55.8 Å². The molecular formula is C61H93N5O15. The topological polar surface area (TPSA) is 237 Å². The fourth-order valence-corrected chi connectivity index (χ4v) is 10.0. The number of esters is 4. The molecule has 2 saturated heterocycles. The highest BCUT2D eigenvalue weighted by molar-refractivity contribution is 5.93. The van der Waals surface area contributed by atoms with Gasteiger partial charge < -0.3 is 58.4 Å². The fraction of sp³-hybridized carbons (Fsp3) is 0.672. The van der Waals surface area contributed by atoms with Crippen molar-refractivity contribution in [2.45, 2.75) is 175 Å². The van der Waals surface area contributed by atoms with Crippen molar-refractivity contribution in [3.63, 3.8) is 0 Å². The van der Waals surface area contributed by atoms with Crippen LogP contribution in [0.1, 0.15) is 130 Å². The van der Waals surface area contributed by atoms with Crippen LogP contribution < -0.4 is 10.2 Å². The third-order valence-electron chi connectivity index (χ3n) is 14.9. The number of morpholine rings is 1. The van der Waals surface area contributed by atoms with Crippen molar-refractivity contribution in [2.75, 3.05) is 72.6 Å². The van der Waals surface area contributed by atoms with Crippen LogP contribution in [0.15, 0.2) is 48.5 Å². The minimum atomic E-state index is -1.53. The Morgan fingerprint density at radius 1 is 0.531 bits per heavy atom. The van der Waals surface area contributed by atoms with Crippen molar-refractivity contribution in [1.29, 1.82) is 0 Å². The molecule has 81 heavy (non-hydrogen) atoms. The van der Waals surface area contributed by atoms with Crippen LogP contribution in [0.3, 0.4) is 0 Å². The number of carbonyl (C=O) groups is 8. The van der Waals surface area contributed by atoms with E-state index < -0.39 is 96.2 Å². The molecule has 0 aliphatic carbocycles. The number of carbonyl (C=O) groups excluding carboxylic acids is 7. The Kier molecular flexibility index (Phi) is 27.0. The molecule has 0 spiro atoms. The smallest absolute Gasteiger partial charge is 0.344 e. The molecule has 3 amide bonds. The predicted molar refractivity (Wildman–Crippen MR) is 305 cm³/mol. The highest BCUT2D eigenvalue weighted by Gasteiger charge is 2.41. The molecule has 4 rings (SSSR count). The Balaban J connectivity index is 1.61. The van der Waals surface area contributed by atoms with Gasteiger partial charge in [-0.2, -0.15) is 0 Å². The Morgan fingerprint density at radius 3 is 1.33 bits per heavy atom. The lowest BCUT2D eigenvalue weighted by Gasteiger charge is -2.34. The molecule has 2 aromatic rings. The SMILES string of the molecule is CN[C@@H](CC(C)C)C(=O)O[C@H](Cc1ccc(C2CCOCC2)cc1)C(=O)N(C)[C@@H](CC(C)C)C(=O)O[C@H](C)C(=O)N(C)[C@@H](CC(C)C)C(=O)O[C@H](Cc1ccc(N2CCOCC2)cc1)C(=O)N(C)[C@@H](CC(C)C)C(=O)O[C@H](C)C(=O)O. The molecule has 2 aliphatic heterocycles. The van der Waals surface area contributed by atoms with Crippen LogP contribution in [0, 0.1) is 23.7 Å². The molecule has 8 atom stereocenters. The van der Waals surface area contributed by atoms with Gasteiger partial charge in [0, 0.05) is 66.0 Å². The van der Waals surface area contributed by atoms with E-state index >= 15 is 0 Å². The number of ether oxygens (including phenoxy) is 6. The molecule has 0 aromatic heterocycles. The Bertz CT molecular complexity index is 2370. The summed E-state index contributed by atoms with van der Waals surface area (Å²) in [4.78, 5) is 118. The maximum absolute atomic E-state index is 14.7. The molecule has 2 fully saturated rings. The lowest BCUT2D eigenvalue weighted by atomic mass is 9.90. The summed E-state index contributed by atoms with van der Waals surface area (Å²) in [6.45, 7) is 21.5. The van der Waals surface area contributed by atoms with Crippen LogP contribution in [0.25, 0.3) is 0 Å². The summed E-state index contributed by atoms with van der Waals surface area (Å²) in [5, 5.41) is 12.5. The summed E-state index contributed by atoms with van der Waals surface area (Å²) in [6.07, 6.45) is -3.39. The molecule has 0 unspecified atom stereocenters. The lowest BCUT2D eigenvalue weighted by Crippen LogP contribution is -2.53. The first-order valence-electron chi connectivity index (χ1n) is 28.8. The highest BCUT2D eigenvalue weighted by atomic mass is 16.6. The number of likely N-dealkylation sites (N-methyl/N-ethyl adjacent to an activating group) is 4. The minimum Gasteiger partial charge on any atom is -0.479 e. The van der Waals surface area contributed by atoms with Crippen molar-refractivity contribution in [2.24, 2.45) is 23.7 Å². The van der Waals surface area contributed by atoms with Crippen molar-refractivity contribution in [3.8, 4) is 0 Å². The Labute approximate surface area is 480 Å². The number of hydrogen-bond donors (Lipinski definition) is 2. The van der Waals surface area contributed by atoms with Gasteiger partial charge >= 0.3 is 29.8 Å².